The minimum absolute atomic E-state index is 0.00238. The number of carbonyl (C=O) groups excluding carboxylic acids is 1. The second-order valence-electron chi connectivity index (χ2n) is 15.9. The summed E-state index contributed by atoms with van der Waals surface area (Å²) >= 11 is 0. The number of carbonyl (C=O) groups is 1. The van der Waals surface area contributed by atoms with E-state index in [1.165, 1.54) is 26.4 Å². The third-order valence-electron chi connectivity index (χ3n) is 13.8. The van der Waals surface area contributed by atoms with E-state index in [0.717, 1.165) is 32.1 Å². The quantitative estimate of drug-likeness (QED) is 0.304. The Morgan fingerprint density at radius 1 is 1.00 bits per heavy atom. The molecule has 0 heterocycles. The van der Waals surface area contributed by atoms with Crippen molar-refractivity contribution in [2.24, 2.45) is 50.2 Å². The van der Waals surface area contributed by atoms with E-state index in [9.17, 15) is 9.90 Å². The Morgan fingerprint density at radius 2 is 1.71 bits per heavy atom. The Labute approximate surface area is 232 Å². The molecule has 5 aliphatic carbocycles. The molecule has 0 amide bonds. The van der Waals surface area contributed by atoms with E-state index in [2.05, 4.69) is 54.2 Å². The largest absolute Gasteiger partial charge is 0.469 e. The maximum absolute atomic E-state index is 13.2. The molecule has 4 fully saturated rings. The van der Waals surface area contributed by atoms with Crippen LogP contribution in [0.1, 0.15) is 106 Å². The summed E-state index contributed by atoms with van der Waals surface area (Å²) in [6.07, 6.45) is 13.8. The molecule has 4 saturated carbocycles. The highest BCUT2D eigenvalue weighted by Crippen LogP contribution is 2.75. The molecule has 10 atom stereocenters. The first-order valence-corrected chi connectivity index (χ1v) is 15.3. The van der Waals surface area contributed by atoms with Gasteiger partial charge < -0.3 is 14.6 Å². The fourth-order valence-electron chi connectivity index (χ4n) is 11.3. The smallest absolute Gasteiger partial charge is 0.314 e. The zero-order chi connectivity index (χ0) is 27.9. The van der Waals surface area contributed by atoms with Crippen molar-refractivity contribution in [2.75, 3.05) is 13.7 Å². The Hall–Kier alpha value is -1.13. The molecule has 0 aromatic carbocycles. The van der Waals surface area contributed by atoms with Crippen LogP contribution in [0.4, 0.5) is 0 Å². The van der Waals surface area contributed by atoms with Crippen molar-refractivity contribution in [2.45, 2.75) is 118 Å². The van der Waals surface area contributed by atoms with Crippen LogP contribution >= 0.6 is 0 Å². The monoisotopic (exact) mass is 526 g/mol. The van der Waals surface area contributed by atoms with Gasteiger partial charge in [0, 0.05) is 5.41 Å². The zero-order valence-corrected chi connectivity index (χ0v) is 25.5. The highest BCUT2D eigenvalue weighted by atomic mass is 16.5. The molecule has 0 aromatic heterocycles. The summed E-state index contributed by atoms with van der Waals surface area (Å²) in [5, 5.41) is 11.1. The third kappa shape index (κ3) is 3.57. The molecular weight excluding hydrogens is 472 g/mol. The van der Waals surface area contributed by atoms with Crippen molar-refractivity contribution in [1.29, 1.82) is 0 Å². The Bertz CT molecular complexity index is 1010. The van der Waals surface area contributed by atoms with Crippen LogP contribution in [0.25, 0.3) is 0 Å². The molecule has 0 spiro atoms. The number of aliphatic hydroxyl groups is 1. The minimum atomic E-state index is -0.831. The van der Waals surface area contributed by atoms with Gasteiger partial charge in [0.05, 0.1) is 31.3 Å². The number of esters is 1. The van der Waals surface area contributed by atoms with Crippen molar-refractivity contribution < 1.29 is 19.4 Å². The summed E-state index contributed by atoms with van der Waals surface area (Å²) in [5.74, 6) is 0.942. The number of hydrogen-bond donors (Lipinski definition) is 1. The van der Waals surface area contributed by atoms with E-state index in [4.69, 9.17) is 9.47 Å². The zero-order valence-electron chi connectivity index (χ0n) is 25.5. The molecule has 5 rings (SSSR count). The first kappa shape index (κ1) is 28.4. The molecule has 0 aromatic rings. The van der Waals surface area contributed by atoms with Crippen molar-refractivity contribution in [3.05, 3.63) is 24.3 Å². The lowest BCUT2D eigenvalue weighted by molar-refractivity contribution is -0.221. The van der Waals surface area contributed by atoms with Gasteiger partial charge in [0.15, 0.2) is 0 Å². The van der Waals surface area contributed by atoms with E-state index in [1.807, 2.05) is 13.0 Å². The predicted octanol–water partition coefficient (Wildman–Crippen LogP) is 7.50. The third-order valence-corrected chi connectivity index (χ3v) is 13.8. The maximum Gasteiger partial charge on any atom is 0.314 e. The lowest BCUT2D eigenvalue weighted by Gasteiger charge is -2.71. The molecular formula is C34H54O4. The summed E-state index contributed by atoms with van der Waals surface area (Å²) < 4.78 is 11.8. The van der Waals surface area contributed by atoms with Crippen molar-refractivity contribution in [1.82, 2.24) is 0 Å². The average molecular weight is 527 g/mol. The number of methoxy groups -OCH3 is 1. The van der Waals surface area contributed by atoms with Crippen LogP contribution in [0, 0.1) is 50.2 Å². The lowest BCUT2D eigenvalue weighted by Crippen LogP contribution is -2.66. The van der Waals surface area contributed by atoms with E-state index < -0.39 is 11.5 Å². The Balaban J connectivity index is 1.56. The number of fused-ring (bicyclic) bond motifs is 7. The Kier molecular flexibility index (Phi) is 6.68. The molecule has 0 saturated heterocycles. The van der Waals surface area contributed by atoms with Gasteiger partial charge in [-0.1, -0.05) is 59.3 Å². The van der Waals surface area contributed by atoms with Crippen LogP contribution in [0.5, 0.6) is 0 Å². The second kappa shape index (κ2) is 8.93. The van der Waals surface area contributed by atoms with Gasteiger partial charge in [-0.15, -0.1) is 6.58 Å². The van der Waals surface area contributed by atoms with E-state index >= 15 is 0 Å². The number of ether oxygens (including phenoxy) is 2. The molecule has 4 heteroatoms. The minimum Gasteiger partial charge on any atom is -0.469 e. The van der Waals surface area contributed by atoms with E-state index in [-0.39, 0.29) is 45.1 Å². The standard InChI is InChI=1S/C34H54O4/c1-10-19-38-27-21-29(2,3)20-23-22-11-12-24-31(5)15-14-26(35)34(8,28(36)37-9)25(31)13-16-33(24,7)32(22,6)18-17-30(23,27)4/h10-11,23-27,35H,1,12-21H2,2-9H3/t23-,24?,25?,26-,27?,30+,31+,32+,33+,34+/m0/s1. The molecule has 5 aliphatic rings. The predicted molar refractivity (Wildman–Crippen MR) is 152 cm³/mol. The van der Waals surface area contributed by atoms with E-state index in [0.29, 0.717) is 24.9 Å². The Morgan fingerprint density at radius 3 is 2.37 bits per heavy atom. The van der Waals surface area contributed by atoms with Crippen molar-refractivity contribution in [3.63, 3.8) is 0 Å². The molecule has 4 nitrogen and oxygen atoms in total. The summed E-state index contributed by atoms with van der Waals surface area (Å²) in [7, 11) is 1.48. The van der Waals surface area contributed by atoms with Crippen LogP contribution < -0.4 is 0 Å². The molecule has 3 unspecified atom stereocenters. The summed E-state index contributed by atoms with van der Waals surface area (Å²) in [5.41, 5.74) is 1.60. The van der Waals surface area contributed by atoms with Crippen LogP contribution in [0.3, 0.4) is 0 Å². The molecule has 0 aliphatic heterocycles. The SMILES string of the molecule is C=CCOC1CC(C)(C)C[C@H]2C3=CCC4[C@@]5(C)CC[C@H](O)[C@](C)(C(=O)OC)C5CC[C@@]4(C)[C@]3(C)CC[C@@]12C. The number of allylic oxidation sites excluding steroid dienone is 2. The topological polar surface area (TPSA) is 55.8 Å². The van der Waals surface area contributed by atoms with Crippen molar-refractivity contribution >= 4 is 5.97 Å². The normalized spacial score (nSPS) is 51.4. The maximum atomic E-state index is 13.2. The number of rotatable bonds is 4. The fraction of sp³-hybridized carbons (Fsp3) is 0.853. The highest BCUT2D eigenvalue weighted by molar-refractivity contribution is 5.78. The summed E-state index contributed by atoms with van der Waals surface area (Å²) in [6, 6.07) is 0. The molecule has 0 radical (unpaired) electrons. The van der Waals surface area contributed by atoms with Gasteiger partial charge in [-0.05, 0) is 104 Å². The molecule has 38 heavy (non-hydrogen) atoms. The van der Waals surface area contributed by atoms with Gasteiger partial charge in [-0.2, -0.15) is 0 Å². The van der Waals surface area contributed by atoms with Gasteiger partial charge in [-0.25, -0.2) is 0 Å². The number of aliphatic hydroxyl groups excluding tert-OH is 1. The van der Waals surface area contributed by atoms with Gasteiger partial charge in [0.1, 0.15) is 0 Å². The van der Waals surface area contributed by atoms with Crippen LogP contribution in [0.15, 0.2) is 24.3 Å². The van der Waals surface area contributed by atoms with Crippen LogP contribution in [-0.2, 0) is 14.3 Å². The van der Waals surface area contributed by atoms with Gasteiger partial charge in [0.25, 0.3) is 0 Å². The average Bonchev–Trinajstić information content (AvgIpc) is 2.86. The molecule has 0 bridgehead atoms. The first-order chi connectivity index (χ1) is 17.6. The summed E-state index contributed by atoms with van der Waals surface area (Å²) in [4.78, 5) is 13.2. The van der Waals surface area contributed by atoms with Crippen LogP contribution in [-0.4, -0.2) is 37.0 Å². The van der Waals surface area contributed by atoms with Gasteiger partial charge in [-0.3, -0.25) is 4.79 Å². The highest BCUT2D eigenvalue weighted by Gasteiger charge is 2.70. The van der Waals surface area contributed by atoms with Gasteiger partial charge >= 0.3 is 5.97 Å². The van der Waals surface area contributed by atoms with Crippen molar-refractivity contribution in [3.8, 4) is 0 Å². The molecule has 214 valence electrons. The van der Waals surface area contributed by atoms with Gasteiger partial charge in [0.2, 0.25) is 0 Å². The van der Waals surface area contributed by atoms with E-state index in [1.54, 1.807) is 5.57 Å². The van der Waals surface area contributed by atoms with Crippen LogP contribution in [0.2, 0.25) is 0 Å². The first-order valence-electron chi connectivity index (χ1n) is 15.3. The fourth-order valence-corrected chi connectivity index (χ4v) is 11.3. The lowest BCUT2D eigenvalue weighted by atomic mass is 9.33. The number of hydrogen-bond acceptors (Lipinski definition) is 4. The summed E-state index contributed by atoms with van der Waals surface area (Å²) in [6.45, 7) is 21.6. The molecule has 1 N–H and O–H groups in total. The second-order valence-corrected chi connectivity index (χ2v) is 15.9.